The van der Waals surface area contributed by atoms with E-state index in [9.17, 15) is 14.4 Å². The van der Waals surface area contributed by atoms with Gasteiger partial charge in [-0.1, -0.05) is 30.3 Å². The maximum absolute atomic E-state index is 12.4. The van der Waals surface area contributed by atoms with E-state index < -0.39 is 12.1 Å². The lowest BCUT2D eigenvalue weighted by molar-refractivity contribution is -0.159. The van der Waals surface area contributed by atoms with Gasteiger partial charge in [-0.3, -0.25) is 9.59 Å². The van der Waals surface area contributed by atoms with E-state index in [1.807, 2.05) is 30.3 Å². The smallest absolute Gasteiger partial charge is 0.335 e. The number of nitrogens with one attached hydrogen (secondary N) is 2. The third-order valence-corrected chi connectivity index (χ3v) is 4.16. The molecule has 10 heteroatoms. The summed E-state index contributed by atoms with van der Waals surface area (Å²) in [5.41, 5.74) is 0.889. The molecular weight excluding hydrogens is 432 g/mol. The van der Waals surface area contributed by atoms with Gasteiger partial charge >= 0.3 is 5.97 Å². The zero-order valence-corrected chi connectivity index (χ0v) is 19.5. The predicted octanol–water partition coefficient (Wildman–Crippen LogP) is 0.480. The Morgan fingerprint density at radius 1 is 0.879 bits per heavy atom. The van der Waals surface area contributed by atoms with Gasteiger partial charge in [0, 0.05) is 19.5 Å². The van der Waals surface area contributed by atoms with Crippen LogP contribution in [0.15, 0.2) is 30.3 Å². The minimum atomic E-state index is -0.774. The van der Waals surface area contributed by atoms with Crippen molar-refractivity contribution in [2.45, 2.75) is 26.1 Å². The second kappa shape index (κ2) is 19.1. The van der Waals surface area contributed by atoms with Gasteiger partial charge in [-0.05, 0) is 19.5 Å². The van der Waals surface area contributed by atoms with E-state index in [4.69, 9.17) is 23.7 Å². The molecule has 1 unspecified atom stereocenters. The van der Waals surface area contributed by atoms with E-state index in [-0.39, 0.29) is 44.5 Å². The predicted molar refractivity (Wildman–Crippen MR) is 121 cm³/mol. The lowest BCUT2D eigenvalue weighted by Gasteiger charge is -2.17. The van der Waals surface area contributed by atoms with Crippen molar-refractivity contribution in [3.05, 3.63) is 35.9 Å². The molecule has 0 aromatic heterocycles. The van der Waals surface area contributed by atoms with E-state index in [2.05, 4.69) is 10.6 Å². The van der Waals surface area contributed by atoms with Crippen molar-refractivity contribution in [3.63, 3.8) is 0 Å². The molecule has 10 nitrogen and oxygen atoms in total. The number of ketones is 1. The van der Waals surface area contributed by atoms with Crippen LogP contribution in [-0.2, 0) is 44.7 Å². The molecule has 0 heterocycles. The Bertz CT molecular complexity index is 672. The van der Waals surface area contributed by atoms with Gasteiger partial charge in [0.15, 0.2) is 11.9 Å². The summed E-state index contributed by atoms with van der Waals surface area (Å²) in [5.74, 6) is -0.791. The Hall–Kier alpha value is -2.37. The summed E-state index contributed by atoms with van der Waals surface area (Å²) in [6.45, 7) is 3.98. The van der Waals surface area contributed by atoms with Gasteiger partial charge < -0.3 is 34.3 Å². The summed E-state index contributed by atoms with van der Waals surface area (Å²) in [6.07, 6.45) is -0.502. The third-order valence-electron chi connectivity index (χ3n) is 4.16. The maximum atomic E-state index is 12.4. The highest BCUT2D eigenvalue weighted by Gasteiger charge is 2.21. The largest absolute Gasteiger partial charge is 0.459 e. The monoisotopic (exact) mass is 468 g/mol. The van der Waals surface area contributed by atoms with Crippen LogP contribution in [0.5, 0.6) is 0 Å². The van der Waals surface area contributed by atoms with Crippen LogP contribution in [0.1, 0.15) is 18.9 Å². The summed E-state index contributed by atoms with van der Waals surface area (Å²) < 4.78 is 26.7. The van der Waals surface area contributed by atoms with Gasteiger partial charge in [-0.25, -0.2) is 4.79 Å². The topological polar surface area (TPSA) is 121 Å². The van der Waals surface area contributed by atoms with Crippen LogP contribution in [0.4, 0.5) is 0 Å². The molecule has 1 amide bonds. The second-order valence-electron chi connectivity index (χ2n) is 7.11. The molecule has 1 rings (SSSR count). The van der Waals surface area contributed by atoms with E-state index in [1.54, 1.807) is 7.05 Å². The number of ether oxygens (including phenoxy) is 5. The second-order valence-corrected chi connectivity index (χ2v) is 7.11. The van der Waals surface area contributed by atoms with Crippen LogP contribution < -0.4 is 10.6 Å². The molecule has 0 saturated carbocycles. The summed E-state index contributed by atoms with van der Waals surface area (Å²) in [4.78, 5) is 34.9. The molecule has 0 aliphatic heterocycles. The Morgan fingerprint density at radius 3 is 2.33 bits per heavy atom. The molecule has 0 bridgehead atoms. The fraction of sp³-hybridized carbons (Fsp3) is 0.609. The Labute approximate surface area is 195 Å². The fourth-order valence-electron chi connectivity index (χ4n) is 2.50. The van der Waals surface area contributed by atoms with Gasteiger partial charge in [0.1, 0.15) is 19.8 Å². The van der Waals surface area contributed by atoms with Gasteiger partial charge in [-0.15, -0.1) is 0 Å². The first kappa shape index (κ1) is 28.7. The number of likely N-dealkylation sites (N-methyl/N-ethyl adjacent to an activating group) is 1. The molecule has 0 spiro atoms. The number of benzene rings is 1. The van der Waals surface area contributed by atoms with Crippen molar-refractivity contribution in [1.82, 2.24) is 10.6 Å². The average Bonchev–Trinajstić information content (AvgIpc) is 2.81. The molecule has 0 aliphatic rings. The SMILES string of the molecule is CNCCOC(CCOCC(=O)NCCOCCOCC(C)=O)C(=O)OCc1ccccc1. The molecule has 0 fully saturated rings. The van der Waals surface area contributed by atoms with Crippen LogP contribution in [0.3, 0.4) is 0 Å². The zero-order chi connectivity index (χ0) is 24.2. The highest BCUT2D eigenvalue weighted by Crippen LogP contribution is 2.06. The van der Waals surface area contributed by atoms with Crippen molar-refractivity contribution in [3.8, 4) is 0 Å². The van der Waals surface area contributed by atoms with Crippen molar-refractivity contribution in [2.24, 2.45) is 0 Å². The van der Waals surface area contributed by atoms with Crippen LogP contribution >= 0.6 is 0 Å². The molecule has 0 saturated heterocycles. The number of Topliss-reactive ketones (excluding diaryl/α,β-unsaturated/α-hetero) is 1. The number of rotatable bonds is 20. The summed E-state index contributed by atoms with van der Waals surface area (Å²) >= 11 is 0. The normalized spacial score (nSPS) is 11.7. The molecule has 0 radical (unpaired) electrons. The van der Waals surface area contributed by atoms with Gasteiger partial charge in [0.25, 0.3) is 0 Å². The molecule has 1 atom stereocenters. The molecule has 1 aromatic carbocycles. The van der Waals surface area contributed by atoms with E-state index in [0.29, 0.717) is 39.5 Å². The zero-order valence-electron chi connectivity index (χ0n) is 19.5. The number of carbonyl (C=O) groups excluding carboxylic acids is 3. The third kappa shape index (κ3) is 16.0. The van der Waals surface area contributed by atoms with Gasteiger partial charge in [0.05, 0.1) is 33.0 Å². The quantitative estimate of drug-likeness (QED) is 0.208. The minimum Gasteiger partial charge on any atom is -0.459 e. The fourth-order valence-corrected chi connectivity index (χ4v) is 2.50. The first-order valence-corrected chi connectivity index (χ1v) is 11.0. The molecule has 0 aliphatic carbocycles. The highest BCUT2D eigenvalue weighted by molar-refractivity contribution is 5.77. The molecule has 1 aromatic rings. The number of amides is 1. The summed E-state index contributed by atoms with van der Waals surface area (Å²) in [7, 11) is 1.79. The van der Waals surface area contributed by atoms with Crippen LogP contribution in [0, 0.1) is 0 Å². The van der Waals surface area contributed by atoms with Gasteiger partial charge in [-0.2, -0.15) is 0 Å². The summed E-state index contributed by atoms with van der Waals surface area (Å²) in [6, 6.07) is 9.39. The van der Waals surface area contributed by atoms with Crippen LogP contribution in [0.25, 0.3) is 0 Å². The highest BCUT2D eigenvalue weighted by atomic mass is 16.6. The minimum absolute atomic E-state index is 0.0396. The summed E-state index contributed by atoms with van der Waals surface area (Å²) in [5, 5.41) is 5.62. The van der Waals surface area contributed by atoms with Crippen LogP contribution in [0.2, 0.25) is 0 Å². The Morgan fingerprint density at radius 2 is 1.61 bits per heavy atom. The van der Waals surface area contributed by atoms with Gasteiger partial charge in [0.2, 0.25) is 5.91 Å². The maximum Gasteiger partial charge on any atom is 0.335 e. The Kier molecular flexibility index (Phi) is 16.6. The standard InChI is InChI=1S/C23H36N2O8/c1-19(26)16-31-15-14-29-12-10-25-22(27)18-30-11-8-21(32-13-9-24-2)23(28)33-17-20-6-4-3-5-7-20/h3-7,21,24H,8-18H2,1-2H3,(H,25,27). The molecule has 186 valence electrons. The van der Waals surface area contributed by atoms with Crippen molar-refractivity contribution < 1.29 is 38.1 Å². The first-order chi connectivity index (χ1) is 16.0. The van der Waals surface area contributed by atoms with E-state index >= 15 is 0 Å². The number of carbonyl (C=O) groups is 3. The van der Waals surface area contributed by atoms with Crippen molar-refractivity contribution >= 4 is 17.7 Å². The first-order valence-electron chi connectivity index (χ1n) is 11.0. The van der Waals surface area contributed by atoms with E-state index in [1.165, 1.54) is 6.92 Å². The van der Waals surface area contributed by atoms with E-state index in [0.717, 1.165) is 5.56 Å². The lowest BCUT2D eigenvalue weighted by atomic mass is 10.2. The number of hydrogen-bond donors (Lipinski definition) is 2. The Balaban J connectivity index is 2.18. The molecule has 2 N–H and O–H groups in total. The molecule has 33 heavy (non-hydrogen) atoms. The van der Waals surface area contributed by atoms with Crippen molar-refractivity contribution in [2.75, 3.05) is 66.4 Å². The number of esters is 1. The van der Waals surface area contributed by atoms with Crippen molar-refractivity contribution in [1.29, 1.82) is 0 Å². The average molecular weight is 469 g/mol. The molecular formula is C23H36N2O8. The lowest BCUT2D eigenvalue weighted by Crippen LogP contribution is -2.33. The number of hydrogen-bond acceptors (Lipinski definition) is 9. The van der Waals surface area contributed by atoms with Crippen LogP contribution in [-0.4, -0.2) is 90.1 Å².